The minimum absolute atomic E-state index is 0.0171. The quantitative estimate of drug-likeness (QED) is 0.490. The molecule has 1 unspecified atom stereocenters. The molecular formula is C19H18F3N7O2. The smallest absolute Gasteiger partial charge is 0.418 e. The van der Waals surface area contributed by atoms with Crippen molar-refractivity contribution < 1.29 is 22.6 Å². The number of fused-ring (bicyclic) bond motifs is 2. The van der Waals surface area contributed by atoms with Crippen molar-refractivity contribution >= 4 is 11.7 Å². The number of aryl methyl sites for hydroxylation is 1. The molecule has 2 aliphatic rings. The van der Waals surface area contributed by atoms with Gasteiger partial charge in [-0.2, -0.15) is 18.3 Å². The first-order valence-corrected chi connectivity index (χ1v) is 9.32. The fourth-order valence-electron chi connectivity index (χ4n) is 3.88. The predicted octanol–water partition coefficient (Wildman–Crippen LogP) is 2.11. The number of aliphatic imine (C=N–C) groups is 1. The van der Waals surface area contributed by atoms with Crippen molar-refractivity contribution in [3.63, 3.8) is 0 Å². The standard InChI is InChI=1S/C19H18F3N7O2/c1-29-12(4-5-26-29)9-2-3-10(15-14(9)30-6-7-31-15)19(24)27-16(23)13-11(18(20,21)22)8-25-17(13)28-19/h2-5,8,25,28H,6-7,24H2,1H3,(H2,23,27). The van der Waals surface area contributed by atoms with Crippen LogP contribution in [0.3, 0.4) is 0 Å². The summed E-state index contributed by atoms with van der Waals surface area (Å²) in [4.78, 5) is 6.73. The lowest BCUT2D eigenvalue weighted by Crippen LogP contribution is -2.48. The second kappa shape index (κ2) is 6.41. The van der Waals surface area contributed by atoms with Gasteiger partial charge in [-0.05, 0) is 18.2 Å². The number of nitrogens with two attached hydrogens (primary N) is 2. The molecule has 5 rings (SSSR count). The van der Waals surface area contributed by atoms with Crippen LogP contribution in [0.2, 0.25) is 0 Å². The third kappa shape index (κ3) is 2.90. The van der Waals surface area contributed by atoms with Crippen molar-refractivity contribution in [2.45, 2.75) is 12.0 Å². The van der Waals surface area contributed by atoms with Crippen molar-refractivity contribution in [1.82, 2.24) is 14.8 Å². The number of amidine groups is 1. The van der Waals surface area contributed by atoms with E-state index >= 15 is 0 Å². The van der Waals surface area contributed by atoms with Crippen LogP contribution in [0.25, 0.3) is 11.3 Å². The predicted molar refractivity (Wildman–Crippen MR) is 106 cm³/mol. The maximum atomic E-state index is 13.3. The molecule has 0 amide bonds. The molecule has 3 aromatic rings. The number of nitrogens with zero attached hydrogens (tertiary/aromatic N) is 3. The number of rotatable bonds is 2. The van der Waals surface area contributed by atoms with Gasteiger partial charge in [-0.25, -0.2) is 4.99 Å². The Kier molecular flexibility index (Phi) is 3.99. The van der Waals surface area contributed by atoms with E-state index in [1.807, 2.05) is 6.07 Å². The Bertz CT molecular complexity index is 1210. The van der Waals surface area contributed by atoms with Gasteiger partial charge < -0.3 is 25.5 Å². The van der Waals surface area contributed by atoms with Crippen LogP contribution in [0.15, 0.2) is 35.6 Å². The number of benzene rings is 1. The van der Waals surface area contributed by atoms with Crippen LogP contribution < -0.4 is 26.3 Å². The first kappa shape index (κ1) is 19.3. The van der Waals surface area contributed by atoms with Gasteiger partial charge in [-0.15, -0.1) is 0 Å². The number of hydrogen-bond acceptors (Lipinski definition) is 7. The van der Waals surface area contributed by atoms with Crippen LogP contribution in [-0.4, -0.2) is 33.8 Å². The Morgan fingerprint density at radius 2 is 1.90 bits per heavy atom. The fourth-order valence-corrected chi connectivity index (χ4v) is 3.88. The van der Waals surface area contributed by atoms with Crippen molar-refractivity contribution in [2.75, 3.05) is 18.5 Å². The number of aromatic amines is 1. The molecule has 0 saturated heterocycles. The summed E-state index contributed by atoms with van der Waals surface area (Å²) >= 11 is 0. The molecule has 0 fully saturated rings. The molecule has 6 N–H and O–H groups in total. The molecular weight excluding hydrogens is 415 g/mol. The molecule has 2 aliphatic heterocycles. The Balaban J connectivity index is 1.64. The minimum Gasteiger partial charge on any atom is -0.486 e. The molecule has 4 heterocycles. The summed E-state index contributed by atoms with van der Waals surface area (Å²) in [6, 6.07) is 5.27. The first-order chi connectivity index (χ1) is 14.7. The van der Waals surface area contributed by atoms with Gasteiger partial charge in [0.25, 0.3) is 0 Å². The molecule has 0 radical (unpaired) electrons. The summed E-state index contributed by atoms with van der Waals surface area (Å²) in [6.45, 7) is 0.601. The van der Waals surface area contributed by atoms with Crippen LogP contribution in [0.5, 0.6) is 11.5 Å². The topological polar surface area (TPSA) is 128 Å². The van der Waals surface area contributed by atoms with E-state index in [-0.39, 0.29) is 23.8 Å². The van der Waals surface area contributed by atoms with Crippen LogP contribution in [0, 0.1) is 0 Å². The molecule has 2 aromatic heterocycles. The zero-order valence-electron chi connectivity index (χ0n) is 16.2. The van der Waals surface area contributed by atoms with E-state index in [2.05, 4.69) is 20.4 Å². The van der Waals surface area contributed by atoms with E-state index in [0.717, 1.165) is 17.5 Å². The maximum absolute atomic E-state index is 13.3. The lowest BCUT2D eigenvalue weighted by Gasteiger charge is -2.35. The van der Waals surface area contributed by atoms with Gasteiger partial charge in [-0.1, -0.05) is 0 Å². The molecule has 0 aliphatic carbocycles. The SMILES string of the molecule is Cn1nccc1-c1ccc(C2(N)N=C(N)c3c(C(F)(F)F)c[nH]c3N2)c2c1OCCO2. The Labute approximate surface area is 173 Å². The van der Waals surface area contributed by atoms with Crippen molar-refractivity contribution in [2.24, 2.45) is 23.5 Å². The van der Waals surface area contributed by atoms with Gasteiger partial charge in [-0.3, -0.25) is 10.4 Å². The highest BCUT2D eigenvalue weighted by Gasteiger charge is 2.43. The molecule has 0 spiro atoms. The van der Waals surface area contributed by atoms with E-state index < -0.39 is 17.5 Å². The molecule has 0 bridgehead atoms. The lowest BCUT2D eigenvalue weighted by molar-refractivity contribution is -0.137. The Morgan fingerprint density at radius 1 is 1.16 bits per heavy atom. The number of nitrogens with one attached hydrogen (secondary N) is 2. The van der Waals surface area contributed by atoms with Gasteiger partial charge in [0, 0.05) is 25.0 Å². The van der Waals surface area contributed by atoms with Crippen molar-refractivity contribution in [3.8, 4) is 22.8 Å². The van der Waals surface area contributed by atoms with Gasteiger partial charge >= 0.3 is 6.18 Å². The lowest BCUT2D eigenvalue weighted by atomic mass is 9.99. The number of aromatic nitrogens is 3. The third-order valence-corrected chi connectivity index (χ3v) is 5.25. The molecule has 1 atom stereocenters. The Hall–Kier alpha value is -3.67. The van der Waals surface area contributed by atoms with Crippen LogP contribution in [-0.2, 0) is 19.0 Å². The average Bonchev–Trinajstić information content (AvgIpc) is 3.33. The molecule has 12 heteroatoms. The van der Waals surface area contributed by atoms with Gasteiger partial charge in [0.2, 0.25) is 5.79 Å². The summed E-state index contributed by atoms with van der Waals surface area (Å²) in [5.41, 5.74) is 13.1. The third-order valence-electron chi connectivity index (χ3n) is 5.25. The highest BCUT2D eigenvalue weighted by atomic mass is 19.4. The van der Waals surface area contributed by atoms with E-state index in [9.17, 15) is 13.2 Å². The number of anilines is 1. The number of ether oxygens (including phenoxy) is 2. The zero-order chi connectivity index (χ0) is 22.0. The zero-order valence-corrected chi connectivity index (χ0v) is 16.2. The second-order valence-electron chi connectivity index (χ2n) is 7.19. The summed E-state index contributed by atoms with van der Waals surface area (Å²) in [6.07, 6.45) is -2.11. The summed E-state index contributed by atoms with van der Waals surface area (Å²) in [7, 11) is 1.79. The molecule has 9 nitrogen and oxygen atoms in total. The number of alkyl halides is 3. The minimum atomic E-state index is -4.60. The van der Waals surface area contributed by atoms with E-state index in [0.29, 0.717) is 23.7 Å². The van der Waals surface area contributed by atoms with Crippen LogP contribution in [0.4, 0.5) is 19.0 Å². The highest BCUT2D eigenvalue weighted by Crippen LogP contribution is 2.47. The number of hydrogen-bond donors (Lipinski definition) is 4. The van der Waals surface area contributed by atoms with E-state index in [1.54, 1.807) is 30.1 Å². The maximum Gasteiger partial charge on any atom is 0.418 e. The van der Waals surface area contributed by atoms with Crippen molar-refractivity contribution in [3.05, 3.63) is 47.3 Å². The van der Waals surface area contributed by atoms with Gasteiger partial charge in [0.15, 0.2) is 11.5 Å². The number of halogens is 3. The normalized spacial score (nSPS) is 20.1. The fraction of sp³-hybridized carbons (Fsp3) is 0.263. The molecule has 162 valence electrons. The van der Waals surface area contributed by atoms with Crippen molar-refractivity contribution in [1.29, 1.82) is 0 Å². The first-order valence-electron chi connectivity index (χ1n) is 9.32. The highest BCUT2D eigenvalue weighted by molar-refractivity contribution is 6.05. The molecule has 1 aromatic carbocycles. The largest absolute Gasteiger partial charge is 0.486 e. The van der Waals surface area contributed by atoms with Gasteiger partial charge in [0.05, 0.1) is 22.4 Å². The summed E-state index contributed by atoms with van der Waals surface area (Å²) in [5, 5.41) is 7.00. The molecule has 0 saturated carbocycles. The monoisotopic (exact) mass is 433 g/mol. The summed E-state index contributed by atoms with van der Waals surface area (Å²) < 4.78 is 53.3. The average molecular weight is 433 g/mol. The second-order valence-corrected chi connectivity index (χ2v) is 7.19. The molecule has 31 heavy (non-hydrogen) atoms. The van der Waals surface area contributed by atoms with E-state index in [1.165, 1.54) is 0 Å². The van der Waals surface area contributed by atoms with E-state index in [4.69, 9.17) is 20.9 Å². The Morgan fingerprint density at radius 3 is 2.58 bits per heavy atom. The van der Waals surface area contributed by atoms with Crippen LogP contribution >= 0.6 is 0 Å². The van der Waals surface area contributed by atoms with Crippen LogP contribution in [0.1, 0.15) is 16.7 Å². The van der Waals surface area contributed by atoms with Gasteiger partial charge in [0.1, 0.15) is 24.9 Å². The number of H-pyrrole nitrogens is 1. The summed E-state index contributed by atoms with van der Waals surface area (Å²) in [5.74, 6) is -1.22.